The van der Waals surface area contributed by atoms with Crippen molar-refractivity contribution in [2.45, 2.75) is 32.5 Å². The van der Waals surface area contributed by atoms with Crippen molar-refractivity contribution in [2.75, 3.05) is 26.7 Å². The standard InChI is InChI=1S/C18H23F3N4O2/c1-12(2)25-17(27)14-8-5-4-7-13(14)15(23-25)16(26)22-9-6-10-24(3)11-18(19,20)21/h4-5,7-8,12H,6,9-11H2,1-3H3,(H,22,26). The summed E-state index contributed by atoms with van der Waals surface area (Å²) < 4.78 is 38.2. The Bertz CT molecular complexity index is 862. The van der Waals surface area contributed by atoms with Gasteiger partial charge in [-0.1, -0.05) is 18.2 Å². The first kappa shape index (κ1) is 20.9. The highest BCUT2D eigenvalue weighted by molar-refractivity contribution is 6.04. The summed E-state index contributed by atoms with van der Waals surface area (Å²) in [7, 11) is 1.38. The van der Waals surface area contributed by atoms with Crippen LogP contribution < -0.4 is 10.9 Å². The zero-order chi connectivity index (χ0) is 20.2. The van der Waals surface area contributed by atoms with E-state index < -0.39 is 18.6 Å². The third-order valence-corrected chi connectivity index (χ3v) is 3.98. The highest BCUT2D eigenvalue weighted by atomic mass is 19.4. The van der Waals surface area contributed by atoms with Crippen molar-refractivity contribution in [3.8, 4) is 0 Å². The summed E-state index contributed by atoms with van der Waals surface area (Å²) in [4.78, 5) is 26.2. The van der Waals surface area contributed by atoms with E-state index in [0.29, 0.717) is 17.2 Å². The van der Waals surface area contributed by atoms with Crippen LogP contribution in [0, 0.1) is 0 Å². The normalized spacial score (nSPS) is 12.1. The second kappa shape index (κ2) is 8.51. The van der Waals surface area contributed by atoms with E-state index in [9.17, 15) is 22.8 Å². The van der Waals surface area contributed by atoms with Gasteiger partial charge in [0.2, 0.25) is 0 Å². The molecule has 2 aromatic rings. The highest BCUT2D eigenvalue weighted by Gasteiger charge is 2.28. The monoisotopic (exact) mass is 384 g/mol. The van der Waals surface area contributed by atoms with E-state index in [4.69, 9.17) is 0 Å². The fourth-order valence-electron chi connectivity index (χ4n) is 2.74. The van der Waals surface area contributed by atoms with Crippen molar-refractivity contribution in [1.29, 1.82) is 0 Å². The molecule has 1 amide bonds. The molecule has 6 nitrogen and oxygen atoms in total. The lowest BCUT2D eigenvalue weighted by atomic mass is 10.1. The molecule has 2 rings (SSSR count). The summed E-state index contributed by atoms with van der Waals surface area (Å²) in [6, 6.07) is 6.50. The van der Waals surface area contributed by atoms with Crippen molar-refractivity contribution in [2.24, 2.45) is 0 Å². The molecule has 1 aromatic heterocycles. The number of nitrogens with one attached hydrogen (secondary N) is 1. The molecule has 0 unspecified atom stereocenters. The van der Waals surface area contributed by atoms with Crippen LogP contribution in [0.25, 0.3) is 10.8 Å². The Hall–Kier alpha value is -2.42. The Balaban J connectivity index is 2.09. The zero-order valence-electron chi connectivity index (χ0n) is 15.5. The van der Waals surface area contributed by atoms with Crippen molar-refractivity contribution in [3.63, 3.8) is 0 Å². The third-order valence-electron chi connectivity index (χ3n) is 3.98. The minimum absolute atomic E-state index is 0.127. The van der Waals surface area contributed by atoms with Gasteiger partial charge in [0.15, 0.2) is 5.69 Å². The van der Waals surface area contributed by atoms with E-state index in [1.165, 1.54) is 11.7 Å². The van der Waals surface area contributed by atoms with Gasteiger partial charge in [0.25, 0.3) is 11.5 Å². The van der Waals surface area contributed by atoms with E-state index >= 15 is 0 Å². The number of aromatic nitrogens is 2. The van der Waals surface area contributed by atoms with E-state index in [-0.39, 0.29) is 30.4 Å². The number of carbonyl (C=O) groups excluding carboxylic acids is 1. The fraction of sp³-hybridized carbons (Fsp3) is 0.500. The summed E-state index contributed by atoms with van der Waals surface area (Å²) in [6.07, 6.45) is -3.88. The summed E-state index contributed by atoms with van der Waals surface area (Å²) >= 11 is 0. The molecular weight excluding hydrogens is 361 g/mol. The number of halogens is 3. The van der Waals surface area contributed by atoms with Gasteiger partial charge in [-0.25, -0.2) is 4.68 Å². The topological polar surface area (TPSA) is 67.2 Å². The number of hydrogen-bond donors (Lipinski definition) is 1. The number of fused-ring (bicyclic) bond motifs is 1. The predicted octanol–water partition coefficient (Wildman–Crippen LogP) is 2.59. The van der Waals surface area contributed by atoms with Gasteiger partial charge < -0.3 is 5.32 Å². The van der Waals surface area contributed by atoms with E-state index in [0.717, 1.165) is 4.90 Å². The SMILES string of the molecule is CC(C)n1nc(C(=O)NCCCN(C)CC(F)(F)F)c2ccccc2c1=O. The van der Waals surface area contributed by atoms with Gasteiger partial charge in [-0.2, -0.15) is 18.3 Å². The summed E-state index contributed by atoms with van der Waals surface area (Å²) in [5.41, 5.74) is -0.145. The van der Waals surface area contributed by atoms with Crippen LogP contribution in [-0.2, 0) is 0 Å². The zero-order valence-corrected chi connectivity index (χ0v) is 15.5. The van der Waals surface area contributed by atoms with Crippen molar-refractivity contribution >= 4 is 16.7 Å². The molecule has 0 aliphatic carbocycles. The molecule has 1 heterocycles. The van der Waals surface area contributed by atoms with Crippen LogP contribution in [0.15, 0.2) is 29.1 Å². The van der Waals surface area contributed by atoms with E-state index in [1.54, 1.807) is 38.1 Å². The molecule has 0 bridgehead atoms. The molecule has 0 saturated heterocycles. The van der Waals surface area contributed by atoms with Gasteiger partial charge in [0, 0.05) is 11.9 Å². The molecule has 0 aliphatic rings. The minimum Gasteiger partial charge on any atom is -0.351 e. The number of nitrogens with zero attached hydrogens (tertiary/aromatic N) is 3. The number of hydrogen-bond acceptors (Lipinski definition) is 4. The summed E-state index contributed by atoms with van der Waals surface area (Å²) in [5.74, 6) is -0.459. The Morgan fingerprint density at radius 1 is 1.26 bits per heavy atom. The number of alkyl halides is 3. The van der Waals surface area contributed by atoms with Gasteiger partial charge in [-0.05, 0) is 39.9 Å². The van der Waals surface area contributed by atoms with Crippen LogP contribution in [-0.4, -0.2) is 53.4 Å². The Morgan fingerprint density at radius 3 is 2.48 bits per heavy atom. The van der Waals surface area contributed by atoms with E-state index in [1.807, 2.05) is 0 Å². The van der Waals surface area contributed by atoms with Crippen molar-refractivity contribution < 1.29 is 18.0 Å². The lowest BCUT2D eigenvalue weighted by molar-refractivity contribution is -0.143. The van der Waals surface area contributed by atoms with Crippen LogP contribution in [0.2, 0.25) is 0 Å². The Kier molecular flexibility index (Phi) is 6.59. The van der Waals surface area contributed by atoms with Gasteiger partial charge in [-0.3, -0.25) is 14.5 Å². The number of benzene rings is 1. The first-order valence-corrected chi connectivity index (χ1v) is 8.65. The molecule has 0 aliphatic heterocycles. The van der Waals surface area contributed by atoms with Crippen LogP contribution in [0.4, 0.5) is 13.2 Å². The minimum atomic E-state index is -4.24. The smallest absolute Gasteiger partial charge is 0.351 e. The maximum atomic E-state index is 12.5. The Labute approximate surface area is 155 Å². The lowest BCUT2D eigenvalue weighted by Crippen LogP contribution is -2.35. The fourth-order valence-corrected chi connectivity index (χ4v) is 2.74. The number of carbonyl (C=O) groups is 1. The molecule has 1 N–H and O–H groups in total. The van der Waals surface area contributed by atoms with E-state index in [2.05, 4.69) is 10.4 Å². The summed E-state index contributed by atoms with van der Waals surface area (Å²) in [6.45, 7) is 2.99. The average molecular weight is 384 g/mol. The van der Waals surface area contributed by atoms with Gasteiger partial charge >= 0.3 is 6.18 Å². The molecule has 0 fully saturated rings. The third kappa shape index (κ3) is 5.53. The first-order chi connectivity index (χ1) is 12.6. The molecule has 9 heteroatoms. The predicted molar refractivity (Wildman–Crippen MR) is 96.9 cm³/mol. The first-order valence-electron chi connectivity index (χ1n) is 8.65. The number of amides is 1. The van der Waals surface area contributed by atoms with Gasteiger partial charge in [0.05, 0.1) is 18.0 Å². The molecule has 1 aromatic carbocycles. The molecular formula is C18H23F3N4O2. The second-order valence-corrected chi connectivity index (χ2v) is 6.70. The van der Waals surface area contributed by atoms with Crippen molar-refractivity contribution in [3.05, 3.63) is 40.3 Å². The molecule has 0 spiro atoms. The average Bonchev–Trinajstić information content (AvgIpc) is 2.57. The van der Waals surface area contributed by atoms with Gasteiger partial charge in [-0.15, -0.1) is 0 Å². The second-order valence-electron chi connectivity index (χ2n) is 6.70. The highest BCUT2D eigenvalue weighted by Crippen LogP contribution is 2.16. The maximum absolute atomic E-state index is 12.5. The van der Waals surface area contributed by atoms with Crippen molar-refractivity contribution in [1.82, 2.24) is 20.0 Å². The van der Waals surface area contributed by atoms with Crippen LogP contribution in [0.1, 0.15) is 36.8 Å². The van der Waals surface area contributed by atoms with Gasteiger partial charge in [0.1, 0.15) is 0 Å². The van der Waals surface area contributed by atoms with Crippen LogP contribution in [0.5, 0.6) is 0 Å². The quantitative estimate of drug-likeness (QED) is 0.745. The number of rotatable bonds is 7. The molecule has 0 saturated carbocycles. The van der Waals surface area contributed by atoms with Crippen LogP contribution in [0.3, 0.4) is 0 Å². The summed E-state index contributed by atoms with van der Waals surface area (Å²) in [5, 5.41) is 7.71. The maximum Gasteiger partial charge on any atom is 0.401 e. The lowest BCUT2D eigenvalue weighted by Gasteiger charge is -2.18. The molecule has 148 valence electrons. The Morgan fingerprint density at radius 2 is 1.89 bits per heavy atom. The molecule has 27 heavy (non-hydrogen) atoms. The largest absolute Gasteiger partial charge is 0.401 e. The van der Waals surface area contributed by atoms with Crippen LogP contribution >= 0.6 is 0 Å². The molecule has 0 atom stereocenters. The molecule has 0 radical (unpaired) electrons.